The van der Waals surface area contributed by atoms with Gasteiger partial charge in [0.25, 0.3) is 0 Å². The minimum atomic E-state index is -0.0373. The molecule has 0 bridgehead atoms. The first-order chi connectivity index (χ1) is 14.6. The van der Waals surface area contributed by atoms with Crippen LogP contribution in [0, 0.1) is 0 Å². The van der Waals surface area contributed by atoms with Gasteiger partial charge in [0.05, 0.1) is 35.6 Å². The van der Waals surface area contributed by atoms with Crippen LogP contribution in [-0.2, 0) is 4.79 Å². The molecule has 1 fully saturated rings. The van der Waals surface area contributed by atoms with E-state index in [1.54, 1.807) is 18.4 Å². The Balaban J connectivity index is 1.34. The van der Waals surface area contributed by atoms with E-state index in [4.69, 9.17) is 9.72 Å². The van der Waals surface area contributed by atoms with E-state index in [2.05, 4.69) is 28.9 Å². The van der Waals surface area contributed by atoms with Gasteiger partial charge in [-0.2, -0.15) is 0 Å². The number of rotatable bonds is 6. The standard InChI is InChI=1S/C23H28N4O2S/c1-17(23-24-18-8-4-7-11-21(18)30-23)25(2)22(28)16-26-12-14-27(15-13-26)19-9-5-6-10-20(19)29-3/h4-11,17H,12-16H2,1-3H3/t17-/m0/s1. The van der Waals surface area contributed by atoms with Crippen LogP contribution in [0.1, 0.15) is 18.0 Å². The number of aromatic nitrogens is 1. The summed E-state index contributed by atoms with van der Waals surface area (Å²) in [6.07, 6.45) is 0. The second kappa shape index (κ2) is 9.02. The Hall–Kier alpha value is -2.64. The van der Waals surface area contributed by atoms with Crippen molar-refractivity contribution in [3.63, 3.8) is 0 Å². The Kier molecular flexibility index (Phi) is 6.20. The van der Waals surface area contributed by atoms with Crippen molar-refractivity contribution in [1.29, 1.82) is 0 Å². The first-order valence-electron chi connectivity index (χ1n) is 10.3. The zero-order chi connectivity index (χ0) is 21.1. The second-order valence-electron chi connectivity index (χ2n) is 7.64. The average Bonchev–Trinajstić information content (AvgIpc) is 3.23. The predicted octanol–water partition coefficient (Wildman–Crippen LogP) is 3.65. The van der Waals surface area contributed by atoms with Crippen molar-refractivity contribution < 1.29 is 9.53 Å². The van der Waals surface area contributed by atoms with Gasteiger partial charge in [0.2, 0.25) is 5.91 Å². The number of anilines is 1. The molecular weight excluding hydrogens is 396 g/mol. The van der Waals surface area contributed by atoms with Crippen LogP contribution in [0.2, 0.25) is 0 Å². The third kappa shape index (κ3) is 4.27. The van der Waals surface area contributed by atoms with Crippen molar-refractivity contribution >= 4 is 33.1 Å². The maximum atomic E-state index is 12.9. The number of carbonyl (C=O) groups is 1. The molecule has 7 heteroatoms. The first-order valence-corrected chi connectivity index (χ1v) is 11.1. The van der Waals surface area contributed by atoms with Crippen LogP contribution in [0.15, 0.2) is 48.5 Å². The minimum Gasteiger partial charge on any atom is -0.495 e. The quantitative estimate of drug-likeness (QED) is 0.605. The molecule has 1 saturated heterocycles. The summed E-state index contributed by atoms with van der Waals surface area (Å²) in [5.41, 5.74) is 2.12. The molecule has 6 nitrogen and oxygen atoms in total. The summed E-state index contributed by atoms with van der Waals surface area (Å²) >= 11 is 1.66. The van der Waals surface area contributed by atoms with Crippen LogP contribution in [0.4, 0.5) is 5.69 Å². The summed E-state index contributed by atoms with van der Waals surface area (Å²) in [7, 11) is 3.58. The highest BCUT2D eigenvalue weighted by Crippen LogP contribution is 2.30. The molecule has 0 unspecified atom stereocenters. The normalized spacial score (nSPS) is 15.9. The molecule has 3 aromatic rings. The van der Waals surface area contributed by atoms with Gasteiger partial charge in [0.15, 0.2) is 0 Å². The molecule has 0 aliphatic carbocycles. The number of carbonyl (C=O) groups excluding carboxylic acids is 1. The SMILES string of the molecule is COc1ccccc1N1CCN(CC(=O)N(C)[C@@H](C)c2nc3ccccc3s2)CC1. The molecule has 0 radical (unpaired) electrons. The Bertz CT molecular complexity index is 980. The highest BCUT2D eigenvalue weighted by Gasteiger charge is 2.25. The van der Waals surface area contributed by atoms with E-state index in [1.807, 2.05) is 48.3 Å². The van der Waals surface area contributed by atoms with Crippen LogP contribution in [-0.4, -0.2) is 67.6 Å². The number of likely N-dealkylation sites (N-methyl/N-ethyl adjacent to an activating group) is 1. The van der Waals surface area contributed by atoms with Crippen molar-refractivity contribution in [3.05, 3.63) is 53.5 Å². The smallest absolute Gasteiger partial charge is 0.237 e. The molecule has 1 amide bonds. The molecule has 4 rings (SSSR count). The molecule has 30 heavy (non-hydrogen) atoms. The number of amides is 1. The Morgan fingerprint density at radius 1 is 1.13 bits per heavy atom. The largest absolute Gasteiger partial charge is 0.495 e. The lowest BCUT2D eigenvalue weighted by molar-refractivity contribution is -0.133. The van der Waals surface area contributed by atoms with Gasteiger partial charge in [-0.15, -0.1) is 11.3 Å². The summed E-state index contributed by atoms with van der Waals surface area (Å²) in [5.74, 6) is 1.03. The zero-order valence-corrected chi connectivity index (χ0v) is 18.6. The van der Waals surface area contributed by atoms with Gasteiger partial charge in [-0.05, 0) is 31.2 Å². The molecule has 1 aliphatic rings. The maximum absolute atomic E-state index is 12.9. The highest BCUT2D eigenvalue weighted by atomic mass is 32.1. The molecule has 1 aliphatic heterocycles. The molecule has 2 aromatic carbocycles. The number of thiazole rings is 1. The summed E-state index contributed by atoms with van der Waals surface area (Å²) in [5, 5.41) is 0.980. The molecule has 1 aromatic heterocycles. The molecule has 0 spiro atoms. The summed E-state index contributed by atoms with van der Waals surface area (Å²) in [6, 6.07) is 16.2. The number of para-hydroxylation sites is 3. The maximum Gasteiger partial charge on any atom is 0.237 e. The summed E-state index contributed by atoms with van der Waals surface area (Å²) < 4.78 is 6.65. The van der Waals surface area contributed by atoms with E-state index in [1.165, 1.54) is 0 Å². The molecule has 158 valence electrons. The number of ether oxygens (including phenoxy) is 1. The van der Waals surface area contributed by atoms with Crippen LogP contribution >= 0.6 is 11.3 Å². The average molecular weight is 425 g/mol. The minimum absolute atomic E-state index is 0.0373. The number of methoxy groups -OCH3 is 1. The monoisotopic (exact) mass is 424 g/mol. The molecular formula is C23H28N4O2S. The van der Waals surface area contributed by atoms with Gasteiger partial charge >= 0.3 is 0 Å². The second-order valence-corrected chi connectivity index (χ2v) is 8.70. The van der Waals surface area contributed by atoms with Crippen molar-refractivity contribution in [1.82, 2.24) is 14.8 Å². The topological polar surface area (TPSA) is 48.9 Å². The van der Waals surface area contributed by atoms with Crippen molar-refractivity contribution in [2.45, 2.75) is 13.0 Å². The fourth-order valence-corrected chi connectivity index (χ4v) is 4.85. The van der Waals surface area contributed by atoms with E-state index in [0.717, 1.165) is 52.8 Å². The van der Waals surface area contributed by atoms with Gasteiger partial charge in [-0.3, -0.25) is 9.69 Å². The number of fused-ring (bicyclic) bond motifs is 1. The number of nitrogens with zero attached hydrogens (tertiary/aromatic N) is 4. The number of hydrogen-bond acceptors (Lipinski definition) is 6. The van der Waals surface area contributed by atoms with Crippen molar-refractivity contribution in [3.8, 4) is 5.75 Å². The van der Waals surface area contributed by atoms with Gasteiger partial charge in [0.1, 0.15) is 10.8 Å². The van der Waals surface area contributed by atoms with Crippen molar-refractivity contribution in [2.24, 2.45) is 0 Å². The van der Waals surface area contributed by atoms with E-state index in [-0.39, 0.29) is 11.9 Å². The Morgan fingerprint density at radius 2 is 1.83 bits per heavy atom. The van der Waals surface area contributed by atoms with E-state index in [0.29, 0.717) is 6.54 Å². The predicted molar refractivity (Wildman–Crippen MR) is 122 cm³/mol. The Morgan fingerprint density at radius 3 is 2.57 bits per heavy atom. The highest BCUT2D eigenvalue weighted by molar-refractivity contribution is 7.18. The molecule has 0 saturated carbocycles. The van der Waals surface area contributed by atoms with Crippen LogP contribution in [0.3, 0.4) is 0 Å². The van der Waals surface area contributed by atoms with E-state index >= 15 is 0 Å². The lowest BCUT2D eigenvalue weighted by Crippen LogP contribution is -2.50. The lowest BCUT2D eigenvalue weighted by atomic mass is 10.2. The summed E-state index contributed by atoms with van der Waals surface area (Å²) in [6.45, 7) is 5.95. The van der Waals surface area contributed by atoms with Gasteiger partial charge in [0, 0.05) is 33.2 Å². The number of hydrogen-bond donors (Lipinski definition) is 0. The van der Waals surface area contributed by atoms with Gasteiger partial charge in [-0.25, -0.2) is 4.98 Å². The first kappa shape index (κ1) is 20.6. The summed E-state index contributed by atoms with van der Waals surface area (Å²) in [4.78, 5) is 24.0. The van der Waals surface area contributed by atoms with Crippen LogP contribution in [0.25, 0.3) is 10.2 Å². The zero-order valence-electron chi connectivity index (χ0n) is 17.7. The number of piperazine rings is 1. The fourth-order valence-electron chi connectivity index (χ4n) is 3.79. The third-order valence-electron chi connectivity index (χ3n) is 5.80. The van der Waals surface area contributed by atoms with E-state index in [9.17, 15) is 4.79 Å². The molecule has 0 N–H and O–H groups in total. The van der Waals surface area contributed by atoms with Gasteiger partial charge in [-0.1, -0.05) is 24.3 Å². The van der Waals surface area contributed by atoms with Crippen molar-refractivity contribution in [2.75, 3.05) is 51.8 Å². The molecule has 2 heterocycles. The lowest BCUT2D eigenvalue weighted by Gasteiger charge is -2.37. The molecule has 1 atom stereocenters. The number of benzene rings is 2. The van der Waals surface area contributed by atoms with Gasteiger partial charge < -0.3 is 14.5 Å². The fraction of sp³-hybridized carbons (Fsp3) is 0.391. The van der Waals surface area contributed by atoms with Crippen LogP contribution in [0.5, 0.6) is 5.75 Å². The van der Waals surface area contributed by atoms with Crippen LogP contribution < -0.4 is 9.64 Å². The van der Waals surface area contributed by atoms with E-state index < -0.39 is 0 Å². The third-order valence-corrected chi connectivity index (χ3v) is 7.01. The Labute approximate surface area is 181 Å².